The lowest BCUT2D eigenvalue weighted by Crippen LogP contribution is -2.29. The Balaban J connectivity index is 1.81. The van der Waals surface area contributed by atoms with Gasteiger partial charge in [0.1, 0.15) is 5.75 Å². The lowest BCUT2D eigenvalue weighted by atomic mass is 10.0. The molecule has 2 heterocycles. The predicted molar refractivity (Wildman–Crippen MR) is 110 cm³/mol. The zero-order chi connectivity index (χ0) is 19.7. The SMILES string of the molecule is COc1cccc2c1ccn2-c1cc(N)c(C(N)=O)c(NC2CCOCC2)c1. The molecule has 0 bridgehead atoms. The fourth-order valence-corrected chi connectivity index (χ4v) is 3.78. The first-order valence-corrected chi connectivity index (χ1v) is 9.30. The molecule has 28 heavy (non-hydrogen) atoms. The molecule has 2 aromatic carbocycles. The Kier molecular flexibility index (Phi) is 4.83. The van der Waals surface area contributed by atoms with Gasteiger partial charge in [-0.25, -0.2) is 0 Å². The largest absolute Gasteiger partial charge is 0.496 e. The number of carbonyl (C=O) groups is 1. The summed E-state index contributed by atoms with van der Waals surface area (Å²) in [7, 11) is 1.65. The van der Waals surface area contributed by atoms with Crippen molar-refractivity contribution in [1.82, 2.24) is 4.57 Å². The second-order valence-electron chi connectivity index (χ2n) is 6.93. The van der Waals surface area contributed by atoms with E-state index in [0.29, 0.717) is 30.2 Å². The molecule has 0 radical (unpaired) electrons. The number of hydrogen-bond donors (Lipinski definition) is 3. The number of primary amides is 1. The topological polar surface area (TPSA) is 105 Å². The van der Waals surface area contributed by atoms with Crippen molar-refractivity contribution in [3.8, 4) is 11.4 Å². The van der Waals surface area contributed by atoms with Crippen molar-refractivity contribution < 1.29 is 14.3 Å². The van der Waals surface area contributed by atoms with Gasteiger partial charge in [-0.2, -0.15) is 0 Å². The summed E-state index contributed by atoms with van der Waals surface area (Å²) in [6.45, 7) is 1.39. The van der Waals surface area contributed by atoms with Gasteiger partial charge in [-0.15, -0.1) is 0 Å². The summed E-state index contributed by atoms with van der Waals surface area (Å²) in [6.07, 6.45) is 3.70. The van der Waals surface area contributed by atoms with E-state index in [9.17, 15) is 4.79 Å². The van der Waals surface area contributed by atoms with Crippen LogP contribution >= 0.6 is 0 Å². The molecule has 1 amide bonds. The average molecular weight is 380 g/mol. The normalized spacial score (nSPS) is 14.9. The van der Waals surface area contributed by atoms with Gasteiger partial charge in [-0.05, 0) is 43.2 Å². The molecule has 7 nitrogen and oxygen atoms in total. The van der Waals surface area contributed by atoms with E-state index in [1.54, 1.807) is 13.2 Å². The lowest BCUT2D eigenvalue weighted by Gasteiger charge is -2.26. The van der Waals surface area contributed by atoms with Gasteiger partial charge in [0.15, 0.2) is 0 Å². The summed E-state index contributed by atoms with van der Waals surface area (Å²) < 4.78 is 12.9. The third kappa shape index (κ3) is 3.25. The first-order valence-electron chi connectivity index (χ1n) is 9.30. The van der Waals surface area contributed by atoms with Crippen LogP contribution in [0.25, 0.3) is 16.6 Å². The first-order chi connectivity index (χ1) is 13.6. The molecule has 0 spiro atoms. The molecule has 1 fully saturated rings. The number of benzene rings is 2. The van der Waals surface area contributed by atoms with E-state index < -0.39 is 5.91 Å². The number of ether oxygens (including phenoxy) is 2. The summed E-state index contributed by atoms with van der Waals surface area (Å²) in [5.41, 5.74) is 15.0. The van der Waals surface area contributed by atoms with Crippen LogP contribution in [0.15, 0.2) is 42.6 Å². The Labute approximate surface area is 163 Å². The van der Waals surface area contributed by atoms with Gasteiger partial charge in [-0.1, -0.05) is 6.07 Å². The van der Waals surface area contributed by atoms with Gasteiger partial charge in [0.25, 0.3) is 5.91 Å². The van der Waals surface area contributed by atoms with Crippen LogP contribution < -0.4 is 21.5 Å². The number of carbonyl (C=O) groups excluding carboxylic acids is 1. The Morgan fingerprint density at radius 3 is 2.75 bits per heavy atom. The Hall–Kier alpha value is -3.19. The number of anilines is 2. The molecule has 0 saturated carbocycles. The highest BCUT2D eigenvalue weighted by Gasteiger charge is 2.20. The number of aromatic nitrogens is 1. The fraction of sp³-hybridized carbons (Fsp3) is 0.286. The van der Waals surface area contributed by atoms with Gasteiger partial charge >= 0.3 is 0 Å². The molecule has 1 aliphatic rings. The van der Waals surface area contributed by atoms with Crippen LogP contribution in [0.5, 0.6) is 5.75 Å². The molecule has 1 aromatic heterocycles. The summed E-state index contributed by atoms with van der Waals surface area (Å²) >= 11 is 0. The molecule has 0 unspecified atom stereocenters. The third-order valence-corrected chi connectivity index (χ3v) is 5.17. The van der Waals surface area contributed by atoms with Crippen molar-refractivity contribution >= 4 is 28.2 Å². The van der Waals surface area contributed by atoms with Crippen molar-refractivity contribution in [1.29, 1.82) is 0 Å². The van der Waals surface area contributed by atoms with Crippen LogP contribution in [0.4, 0.5) is 11.4 Å². The van der Waals surface area contributed by atoms with Crippen LogP contribution in [0, 0.1) is 0 Å². The van der Waals surface area contributed by atoms with Crippen LogP contribution in [0.2, 0.25) is 0 Å². The van der Waals surface area contributed by atoms with E-state index in [0.717, 1.165) is 35.2 Å². The van der Waals surface area contributed by atoms with Crippen molar-refractivity contribution in [2.24, 2.45) is 5.73 Å². The minimum Gasteiger partial charge on any atom is -0.496 e. The maximum absolute atomic E-state index is 12.0. The molecule has 5 N–H and O–H groups in total. The molecule has 7 heteroatoms. The molecule has 4 rings (SSSR count). The molecule has 146 valence electrons. The Morgan fingerprint density at radius 2 is 2.04 bits per heavy atom. The number of nitrogen functional groups attached to an aromatic ring is 1. The number of nitrogens with zero attached hydrogens (tertiary/aromatic N) is 1. The molecule has 1 aliphatic heterocycles. The van der Waals surface area contributed by atoms with Crippen molar-refractivity contribution in [3.05, 3.63) is 48.2 Å². The van der Waals surface area contributed by atoms with Crippen LogP contribution in [-0.4, -0.2) is 36.8 Å². The minimum atomic E-state index is -0.544. The Morgan fingerprint density at radius 1 is 1.25 bits per heavy atom. The minimum absolute atomic E-state index is 0.211. The second kappa shape index (κ2) is 7.44. The van der Waals surface area contributed by atoms with E-state index in [1.807, 2.05) is 41.1 Å². The maximum Gasteiger partial charge on any atom is 0.252 e. The number of rotatable bonds is 5. The third-order valence-electron chi connectivity index (χ3n) is 5.17. The fourth-order valence-electron chi connectivity index (χ4n) is 3.78. The maximum atomic E-state index is 12.0. The number of fused-ring (bicyclic) bond motifs is 1. The van der Waals surface area contributed by atoms with Crippen LogP contribution in [0.1, 0.15) is 23.2 Å². The number of hydrogen-bond acceptors (Lipinski definition) is 5. The summed E-state index contributed by atoms with van der Waals surface area (Å²) in [5.74, 6) is 0.260. The average Bonchev–Trinajstić information content (AvgIpc) is 3.12. The highest BCUT2D eigenvalue weighted by Crippen LogP contribution is 2.32. The van der Waals surface area contributed by atoms with Crippen LogP contribution in [-0.2, 0) is 4.74 Å². The Bertz CT molecular complexity index is 1020. The molecule has 0 atom stereocenters. The standard InChI is InChI=1S/C21H24N4O3/c1-27-19-4-2-3-18-15(19)5-8-25(18)14-11-16(22)20(21(23)26)17(12-14)24-13-6-9-28-10-7-13/h2-5,8,11-13,24H,6-7,9-10,22H2,1H3,(H2,23,26). The highest BCUT2D eigenvalue weighted by molar-refractivity contribution is 6.04. The lowest BCUT2D eigenvalue weighted by molar-refractivity contribution is 0.0904. The van der Waals surface area contributed by atoms with E-state index in [-0.39, 0.29) is 6.04 Å². The number of methoxy groups -OCH3 is 1. The summed E-state index contributed by atoms with van der Waals surface area (Å²) in [6, 6.07) is 11.8. The summed E-state index contributed by atoms with van der Waals surface area (Å²) in [4.78, 5) is 12.0. The molecular weight excluding hydrogens is 356 g/mol. The van der Waals surface area contributed by atoms with E-state index in [2.05, 4.69) is 5.32 Å². The molecule has 3 aromatic rings. The van der Waals surface area contributed by atoms with E-state index >= 15 is 0 Å². The zero-order valence-electron chi connectivity index (χ0n) is 15.8. The smallest absolute Gasteiger partial charge is 0.252 e. The predicted octanol–water partition coefficient (Wildman–Crippen LogP) is 2.91. The monoisotopic (exact) mass is 380 g/mol. The molecule has 0 aliphatic carbocycles. The summed E-state index contributed by atoms with van der Waals surface area (Å²) in [5, 5.41) is 4.45. The van der Waals surface area contributed by atoms with Crippen molar-refractivity contribution in [2.45, 2.75) is 18.9 Å². The molecule has 1 saturated heterocycles. The van der Waals surface area contributed by atoms with E-state index in [1.165, 1.54) is 0 Å². The van der Waals surface area contributed by atoms with Gasteiger partial charge in [0.2, 0.25) is 0 Å². The van der Waals surface area contributed by atoms with Gasteiger partial charge < -0.3 is 30.8 Å². The van der Waals surface area contributed by atoms with Crippen molar-refractivity contribution in [2.75, 3.05) is 31.4 Å². The number of amides is 1. The van der Waals surface area contributed by atoms with Gasteiger partial charge in [0.05, 0.1) is 23.9 Å². The highest BCUT2D eigenvalue weighted by atomic mass is 16.5. The zero-order valence-corrected chi connectivity index (χ0v) is 15.8. The van der Waals surface area contributed by atoms with Gasteiger partial charge in [0, 0.05) is 42.2 Å². The van der Waals surface area contributed by atoms with Crippen LogP contribution in [0.3, 0.4) is 0 Å². The second-order valence-corrected chi connectivity index (χ2v) is 6.93. The first kappa shape index (κ1) is 18.2. The number of nitrogens with one attached hydrogen (secondary N) is 1. The van der Waals surface area contributed by atoms with Gasteiger partial charge in [-0.3, -0.25) is 4.79 Å². The quantitative estimate of drug-likeness (QED) is 0.590. The van der Waals surface area contributed by atoms with Crippen molar-refractivity contribution in [3.63, 3.8) is 0 Å². The molecular formula is C21H24N4O3. The number of nitrogens with two attached hydrogens (primary N) is 2. The van der Waals surface area contributed by atoms with E-state index in [4.69, 9.17) is 20.9 Å².